The Hall–Kier alpha value is -2.60. The lowest BCUT2D eigenvalue weighted by atomic mass is 9.71. The highest BCUT2D eigenvalue weighted by atomic mass is 35.5. The molecule has 2 aliphatic rings. The zero-order valence-electron chi connectivity index (χ0n) is 14.5. The van der Waals surface area contributed by atoms with Crippen LogP contribution in [0.2, 0.25) is 5.02 Å². The number of halogens is 1. The molecule has 1 aliphatic heterocycles. The van der Waals surface area contributed by atoms with E-state index in [-0.39, 0.29) is 22.1 Å². The van der Waals surface area contributed by atoms with Crippen LogP contribution in [0.25, 0.3) is 0 Å². The molecule has 134 valence electrons. The zero-order valence-corrected chi connectivity index (χ0v) is 15.2. The van der Waals surface area contributed by atoms with Crippen molar-refractivity contribution in [2.45, 2.75) is 18.9 Å². The second kappa shape index (κ2) is 5.71. The summed E-state index contributed by atoms with van der Waals surface area (Å²) in [5, 5.41) is 0.144. The van der Waals surface area contributed by atoms with Gasteiger partial charge in [0.05, 0.1) is 19.9 Å². The van der Waals surface area contributed by atoms with E-state index >= 15 is 0 Å². The van der Waals surface area contributed by atoms with Gasteiger partial charge in [-0.05, 0) is 18.6 Å². The van der Waals surface area contributed by atoms with Crippen molar-refractivity contribution in [3.8, 4) is 17.2 Å². The molecule has 26 heavy (non-hydrogen) atoms. The molecule has 2 atom stereocenters. The van der Waals surface area contributed by atoms with E-state index in [1.54, 1.807) is 25.3 Å². The fourth-order valence-corrected chi connectivity index (χ4v) is 4.01. The number of carbonyl (C=O) groups excluding carboxylic acids is 2. The van der Waals surface area contributed by atoms with E-state index in [0.29, 0.717) is 23.4 Å². The van der Waals surface area contributed by atoms with Crippen LogP contribution < -0.4 is 14.2 Å². The number of ketones is 2. The molecule has 0 saturated carbocycles. The van der Waals surface area contributed by atoms with Crippen molar-refractivity contribution in [3.63, 3.8) is 0 Å². The molecule has 2 aromatic rings. The summed E-state index contributed by atoms with van der Waals surface area (Å²) < 4.78 is 16.6. The Morgan fingerprint density at radius 2 is 1.96 bits per heavy atom. The number of hydrogen-bond acceptors (Lipinski definition) is 6. The third-order valence-corrected chi connectivity index (χ3v) is 5.44. The van der Waals surface area contributed by atoms with E-state index < -0.39 is 23.1 Å². The molecule has 0 radical (unpaired) electrons. The Morgan fingerprint density at radius 3 is 2.65 bits per heavy atom. The molecule has 7 heteroatoms. The second-order valence-electron chi connectivity index (χ2n) is 6.40. The molecule has 0 amide bonds. The van der Waals surface area contributed by atoms with Crippen molar-refractivity contribution in [2.24, 2.45) is 5.92 Å². The molecule has 0 N–H and O–H groups in total. The van der Waals surface area contributed by atoms with Gasteiger partial charge in [-0.25, -0.2) is 0 Å². The van der Waals surface area contributed by atoms with Crippen LogP contribution in [0.3, 0.4) is 0 Å². The molecular formula is C19H16ClNO5. The average molecular weight is 374 g/mol. The number of pyridine rings is 1. The minimum absolute atomic E-state index is 0.125. The summed E-state index contributed by atoms with van der Waals surface area (Å²) in [4.78, 5) is 31.0. The van der Waals surface area contributed by atoms with E-state index in [0.717, 1.165) is 0 Å². The van der Waals surface area contributed by atoms with Crippen LogP contribution in [0.4, 0.5) is 0 Å². The van der Waals surface area contributed by atoms with E-state index in [9.17, 15) is 9.59 Å². The minimum atomic E-state index is -1.67. The Kier molecular flexibility index (Phi) is 3.70. The van der Waals surface area contributed by atoms with Gasteiger partial charge in [0, 0.05) is 23.7 Å². The van der Waals surface area contributed by atoms with Gasteiger partial charge in [-0.3, -0.25) is 14.6 Å². The van der Waals surface area contributed by atoms with E-state index in [1.807, 2.05) is 0 Å². The topological polar surface area (TPSA) is 74.7 Å². The Morgan fingerprint density at radius 1 is 1.23 bits per heavy atom. The van der Waals surface area contributed by atoms with Crippen LogP contribution in [-0.2, 0) is 6.42 Å². The molecule has 1 aliphatic carbocycles. The van der Waals surface area contributed by atoms with Crippen molar-refractivity contribution in [2.75, 3.05) is 14.2 Å². The first-order valence-corrected chi connectivity index (χ1v) is 8.50. The van der Waals surface area contributed by atoms with Gasteiger partial charge in [-0.2, -0.15) is 0 Å². The fourth-order valence-electron chi connectivity index (χ4n) is 3.74. The summed E-state index contributed by atoms with van der Waals surface area (Å²) in [5.74, 6) is -0.562. The van der Waals surface area contributed by atoms with Gasteiger partial charge in [-0.15, -0.1) is 0 Å². The number of ether oxygens (including phenoxy) is 3. The molecule has 0 saturated heterocycles. The minimum Gasteiger partial charge on any atom is -0.496 e. The fraction of sp³-hybridized carbons (Fsp3) is 0.316. The van der Waals surface area contributed by atoms with E-state index in [4.69, 9.17) is 25.8 Å². The first-order valence-electron chi connectivity index (χ1n) is 8.12. The highest BCUT2D eigenvalue weighted by molar-refractivity contribution is 6.36. The normalized spacial score (nSPS) is 23.5. The van der Waals surface area contributed by atoms with Crippen LogP contribution in [-0.4, -0.2) is 36.4 Å². The van der Waals surface area contributed by atoms with Crippen LogP contribution in [0.15, 0.2) is 24.4 Å². The Bertz CT molecular complexity index is 957. The maximum absolute atomic E-state index is 13.4. The summed E-state index contributed by atoms with van der Waals surface area (Å²) >= 11 is 6.37. The molecular weight excluding hydrogens is 358 g/mol. The summed E-state index contributed by atoms with van der Waals surface area (Å²) in [6.07, 6.45) is 2.08. The van der Waals surface area contributed by atoms with Crippen LogP contribution in [0.5, 0.6) is 17.2 Å². The largest absolute Gasteiger partial charge is 0.496 e. The van der Waals surface area contributed by atoms with E-state index in [2.05, 4.69) is 4.98 Å². The van der Waals surface area contributed by atoms with E-state index in [1.165, 1.54) is 20.3 Å². The third kappa shape index (κ3) is 1.96. The molecule has 4 rings (SSSR count). The van der Waals surface area contributed by atoms with Crippen molar-refractivity contribution in [3.05, 3.63) is 46.2 Å². The Labute approximate surface area is 155 Å². The van der Waals surface area contributed by atoms with Crippen LogP contribution in [0.1, 0.15) is 33.3 Å². The molecule has 1 aromatic heterocycles. The van der Waals surface area contributed by atoms with Gasteiger partial charge >= 0.3 is 0 Å². The Balaban J connectivity index is 1.94. The number of fused-ring (bicyclic) bond motifs is 2. The lowest BCUT2D eigenvalue weighted by Gasteiger charge is -2.35. The van der Waals surface area contributed by atoms with Crippen molar-refractivity contribution in [1.82, 2.24) is 4.98 Å². The summed E-state index contributed by atoms with van der Waals surface area (Å²) in [5.41, 5.74) is -0.431. The number of methoxy groups -OCH3 is 2. The number of Topliss-reactive ketones (excluding diaryl/α,β-unsaturated/α-hetero) is 2. The molecule has 1 spiro atoms. The summed E-state index contributed by atoms with van der Waals surface area (Å²) in [7, 11) is 2.89. The molecule has 2 unspecified atom stereocenters. The van der Waals surface area contributed by atoms with Crippen molar-refractivity contribution in [1.29, 1.82) is 0 Å². The van der Waals surface area contributed by atoms with Crippen LogP contribution >= 0.6 is 11.6 Å². The highest BCUT2D eigenvalue weighted by Crippen LogP contribution is 2.53. The zero-order chi connectivity index (χ0) is 18.6. The van der Waals surface area contributed by atoms with Crippen LogP contribution in [0, 0.1) is 5.92 Å². The molecule has 1 aromatic carbocycles. The predicted octanol–water partition coefficient (Wildman–Crippen LogP) is 3.14. The van der Waals surface area contributed by atoms with Gasteiger partial charge in [0.1, 0.15) is 22.1 Å². The van der Waals surface area contributed by atoms with Gasteiger partial charge in [0.2, 0.25) is 17.2 Å². The highest BCUT2D eigenvalue weighted by Gasteiger charge is 2.61. The lowest BCUT2D eigenvalue weighted by molar-refractivity contribution is 0.0257. The SMILES string of the molecule is COc1cc(OC)c2c(c1Cl)OC1(C(=O)c3cccnc3CC1C)C2=O. The number of hydrogen-bond donors (Lipinski definition) is 0. The summed E-state index contributed by atoms with van der Waals surface area (Å²) in [6, 6.07) is 4.86. The average Bonchev–Trinajstić information content (AvgIpc) is 2.96. The van der Waals surface area contributed by atoms with Gasteiger partial charge in [-0.1, -0.05) is 18.5 Å². The first kappa shape index (κ1) is 16.8. The molecule has 0 bridgehead atoms. The smallest absolute Gasteiger partial charge is 0.236 e. The number of benzene rings is 1. The lowest BCUT2D eigenvalue weighted by Crippen LogP contribution is -2.56. The predicted molar refractivity (Wildman–Crippen MR) is 93.7 cm³/mol. The first-order chi connectivity index (χ1) is 12.5. The number of carbonyl (C=O) groups is 2. The maximum atomic E-state index is 13.4. The number of nitrogens with zero attached hydrogens (tertiary/aromatic N) is 1. The molecule has 0 fully saturated rings. The van der Waals surface area contributed by atoms with Crippen molar-refractivity contribution >= 4 is 23.2 Å². The van der Waals surface area contributed by atoms with Crippen molar-refractivity contribution < 1.29 is 23.8 Å². The monoisotopic (exact) mass is 373 g/mol. The van der Waals surface area contributed by atoms with Gasteiger partial charge < -0.3 is 14.2 Å². The number of rotatable bonds is 2. The second-order valence-corrected chi connectivity index (χ2v) is 6.78. The molecule has 2 heterocycles. The molecule has 6 nitrogen and oxygen atoms in total. The maximum Gasteiger partial charge on any atom is 0.236 e. The standard InChI is InChI=1S/C19H16ClNO5/c1-9-7-11-10(5-4-6-21-11)17(22)19(9)18(23)14-12(24-2)8-13(25-3)15(20)16(14)26-19/h4-6,8-9H,7H2,1-3H3. The third-order valence-electron chi connectivity index (χ3n) is 5.08. The quantitative estimate of drug-likeness (QED) is 0.753. The summed E-state index contributed by atoms with van der Waals surface area (Å²) in [6.45, 7) is 1.80. The van der Waals surface area contributed by atoms with Gasteiger partial charge in [0.15, 0.2) is 5.75 Å². The van der Waals surface area contributed by atoms with Gasteiger partial charge in [0.25, 0.3) is 0 Å². The number of aromatic nitrogens is 1.